The first-order valence-electron chi connectivity index (χ1n) is 4.16. The Bertz CT molecular complexity index is 340. The summed E-state index contributed by atoms with van der Waals surface area (Å²) in [6.07, 6.45) is 0. The summed E-state index contributed by atoms with van der Waals surface area (Å²) in [6, 6.07) is 5.56. The van der Waals surface area contributed by atoms with E-state index in [-0.39, 0.29) is 12.5 Å². The molecule has 15 heavy (non-hydrogen) atoms. The van der Waals surface area contributed by atoms with Crippen molar-refractivity contribution in [2.75, 3.05) is 13.8 Å². The zero-order chi connectivity index (χ0) is 11.1. The molecule has 1 rings (SSSR count). The molecule has 0 atom stereocenters. The number of hydrogen-bond acceptors (Lipinski definition) is 4. The fourth-order valence-electron chi connectivity index (χ4n) is 0.800. The molecule has 0 aliphatic heterocycles. The molecule has 6 heteroatoms. The van der Waals surface area contributed by atoms with Crippen molar-refractivity contribution < 1.29 is 13.9 Å². The fourth-order valence-corrected chi connectivity index (χ4v) is 0.800. The van der Waals surface area contributed by atoms with Crippen LogP contribution in [-0.2, 0) is 9.53 Å². The van der Waals surface area contributed by atoms with Crippen LogP contribution < -0.4 is 0 Å². The van der Waals surface area contributed by atoms with E-state index in [1.165, 1.54) is 29.3 Å². The Kier molecular flexibility index (Phi) is 4.21. The van der Waals surface area contributed by atoms with Gasteiger partial charge in [0.2, 0.25) is 0 Å². The highest BCUT2D eigenvalue weighted by Gasteiger charge is 1.93. The topological polar surface area (TPSA) is 54.3 Å². The van der Waals surface area contributed by atoms with Crippen molar-refractivity contribution in [3.63, 3.8) is 0 Å². The SMILES string of the molecule is CN(COC=O)N=Nc1ccc(F)cc1. The molecule has 0 saturated heterocycles. The Morgan fingerprint density at radius 2 is 2.13 bits per heavy atom. The molecule has 0 aliphatic rings. The van der Waals surface area contributed by atoms with E-state index in [9.17, 15) is 9.18 Å². The highest BCUT2D eigenvalue weighted by molar-refractivity contribution is 5.36. The van der Waals surface area contributed by atoms with Crippen molar-refractivity contribution in [3.8, 4) is 0 Å². The Labute approximate surface area is 86.1 Å². The lowest BCUT2D eigenvalue weighted by Gasteiger charge is -2.07. The average Bonchev–Trinajstić information content (AvgIpc) is 2.25. The lowest BCUT2D eigenvalue weighted by molar-refractivity contribution is -0.132. The predicted molar refractivity (Wildman–Crippen MR) is 50.7 cm³/mol. The fraction of sp³-hybridized carbons (Fsp3) is 0.222. The van der Waals surface area contributed by atoms with E-state index in [1.807, 2.05) is 0 Å². The molecule has 0 aliphatic carbocycles. The highest BCUT2D eigenvalue weighted by atomic mass is 19.1. The number of hydrogen-bond donors (Lipinski definition) is 0. The van der Waals surface area contributed by atoms with Crippen LogP contribution in [0.1, 0.15) is 0 Å². The largest absolute Gasteiger partial charge is 0.445 e. The number of halogens is 1. The number of nitrogens with zero attached hydrogens (tertiary/aromatic N) is 3. The van der Waals surface area contributed by atoms with Gasteiger partial charge < -0.3 is 4.74 Å². The summed E-state index contributed by atoms with van der Waals surface area (Å²) in [7, 11) is 1.59. The van der Waals surface area contributed by atoms with Gasteiger partial charge >= 0.3 is 0 Å². The zero-order valence-corrected chi connectivity index (χ0v) is 8.13. The second kappa shape index (κ2) is 5.69. The van der Waals surface area contributed by atoms with Gasteiger partial charge in [0.1, 0.15) is 5.82 Å². The number of benzene rings is 1. The van der Waals surface area contributed by atoms with Crippen LogP contribution >= 0.6 is 0 Å². The first-order valence-corrected chi connectivity index (χ1v) is 4.16. The molecule has 0 spiro atoms. The minimum absolute atomic E-state index is 0.0220. The van der Waals surface area contributed by atoms with Crippen LogP contribution in [0.25, 0.3) is 0 Å². The third kappa shape index (κ3) is 4.17. The Balaban J connectivity index is 2.49. The first-order chi connectivity index (χ1) is 7.22. The van der Waals surface area contributed by atoms with Crippen LogP contribution in [0.15, 0.2) is 34.6 Å². The maximum atomic E-state index is 12.5. The Hall–Kier alpha value is -1.98. The van der Waals surface area contributed by atoms with E-state index in [0.29, 0.717) is 12.2 Å². The van der Waals surface area contributed by atoms with Crippen molar-refractivity contribution in [2.45, 2.75) is 0 Å². The molecular weight excluding hydrogens is 201 g/mol. The molecule has 5 nitrogen and oxygen atoms in total. The zero-order valence-electron chi connectivity index (χ0n) is 8.13. The summed E-state index contributed by atoms with van der Waals surface area (Å²) in [5.41, 5.74) is 0.523. The molecule has 0 radical (unpaired) electrons. The van der Waals surface area contributed by atoms with Gasteiger partial charge in [-0.15, -0.1) is 5.11 Å². The van der Waals surface area contributed by atoms with Gasteiger partial charge in [-0.05, 0) is 24.3 Å². The van der Waals surface area contributed by atoms with Crippen LogP contribution in [0.4, 0.5) is 10.1 Å². The molecule has 0 aromatic heterocycles. The van der Waals surface area contributed by atoms with E-state index < -0.39 is 0 Å². The molecule has 0 N–H and O–H groups in total. The summed E-state index contributed by atoms with van der Waals surface area (Å²) in [6.45, 7) is 0.345. The van der Waals surface area contributed by atoms with E-state index in [2.05, 4.69) is 15.1 Å². The van der Waals surface area contributed by atoms with Gasteiger partial charge in [0, 0.05) is 7.05 Å². The number of carbonyl (C=O) groups is 1. The van der Waals surface area contributed by atoms with E-state index in [1.54, 1.807) is 7.05 Å². The molecule has 0 bridgehead atoms. The molecule has 1 aromatic rings. The standard InChI is InChI=1S/C9H10FN3O2/c1-13(6-15-7-14)12-11-9-4-2-8(10)3-5-9/h2-5,7H,6H2,1H3. The molecular formula is C9H10FN3O2. The molecule has 0 fully saturated rings. The maximum absolute atomic E-state index is 12.5. The normalized spacial score (nSPS) is 10.3. The van der Waals surface area contributed by atoms with E-state index >= 15 is 0 Å². The van der Waals surface area contributed by atoms with Gasteiger partial charge in [-0.25, -0.2) is 9.40 Å². The lowest BCUT2D eigenvalue weighted by atomic mass is 10.3. The molecule has 0 unspecified atom stereocenters. The van der Waals surface area contributed by atoms with Gasteiger partial charge in [-0.1, -0.05) is 5.22 Å². The van der Waals surface area contributed by atoms with Crippen molar-refractivity contribution >= 4 is 12.2 Å². The quantitative estimate of drug-likeness (QED) is 0.323. The highest BCUT2D eigenvalue weighted by Crippen LogP contribution is 2.12. The van der Waals surface area contributed by atoms with E-state index in [4.69, 9.17) is 0 Å². The monoisotopic (exact) mass is 211 g/mol. The summed E-state index contributed by atoms with van der Waals surface area (Å²) in [5.74, 6) is -0.327. The van der Waals surface area contributed by atoms with Crippen molar-refractivity contribution in [1.29, 1.82) is 0 Å². The van der Waals surface area contributed by atoms with Crippen LogP contribution in [0.3, 0.4) is 0 Å². The van der Waals surface area contributed by atoms with Gasteiger partial charge in [0.05, 0.1) is 5.69 Å². The van der Waals surface area contributed by atoms with Crippen molar-refractivity contribution in [3.05, 3.63) is 30.1 Å². The lowest BCUT2D eigenvalue weighted by Crippen LogP contribution is -2.13. The van der Waals surface area contributed by atoms with Crippen LogP contribution in [-0.4, -0.2) is 25.3 Å². The number of carbonyl (C=O) groups excluding carboxylic acids is 1. The van der Waals surface area contributed by atoms with Gasteiger partial charge in [0.15, 0.2) is 6.73 Å². The Morgan fingerprint density at radius 1 is 1.47 bits per heavy atom. The van der Waals surface area contributed by atoms with E-state index in [0.717, 1.165) is 0 Å². The Morgan fingerprint density at radius 3 is 2.73 bits per heavy atom. The second-order valence-corrected chi connectivity index (χ2v) is 2.72. The molecule has 0 saturated carbocycles. The van der Waals surface area contributed by atoms with Crippen LogP contribution in [0.2, 0.25) is 0 Å². The minimum atomic E-state index is -0.327. The van der Waals surface area contributed by atoms with Crippen LogP contribution in [0, 0.1) is 5.82 Å². The predicted octanol–water partition coefficient (Wildman–Crippen LogP) is 1.89. The molecule has 0 amide bonds. The third-order valence-electron chi connectivity index (χ3n) is 1.47. The van der Waals surface area contributed by atoms with Crippen molar-refractivity contribution in [2.24, 2.45) is 10.3 Å². The summed E-state index contributed by atoms with van der Waals surface area (Å²) < 4.78 is 16.9. The molecule has 0 heterocycles. The van der Waals surface area contributed by atoms with Gasteiger partial charge in [-0.2, -0.15) is 0 Å². The van der Waals surface area contributed by atoms with Crippen molar-refractivity contribution in [1.82, 2.24) is 5.01 Å². The number of ether oxygens (including phenoxy) is 1. The summed E-state index contributed by atoms with van der Waals surface area (Å²) >= 11 is 0. The van der Waals surface area contributed by atoms with Gasteiger partial charge in [0.25, 0.3) is 6.47 Å². The second-order valence-electron chi connectivity index (χ2n) is 2.72. The minimum Gasteiger partial charge on any atom is -0.445 e. The molecule has 80 valence electrons. The third-order valence-corrected chi connectivity index (χ3v) is 1.47. The smallest absolute Gasteiger partial charge is 0.294 e. The van der Waals surface area contributed by atoms with Crippen LogP contribution in [0.5, 0.6) is 0 Å². The first kappa shape index (κ1) is 11.1. The average molecular weight is 211 g/mol. The van der Waals surface area contributed by atoms with Gasteiger partial charge in [-0.3, -0.25) is 4.79 Å². The summed E-state index contributed by atoms with van der Waals surface area (Å²) in [5, 5.41) is 8.83. The number of rotatable bonds is 5. The summed E-state index contributed by atoms with van der Waals surface area (Å²) in [4.78, 5) is 9.86. The maximum Gasteiger partial charge on any atom is 0.294 e. The molecule has 1 aromatic carbocycles.